The van der Waals surface area contributed by atoms with Crippen LogP contribution >= 0.6 is 11.6 Å². The first kappa shape index (κ1) is 10.2. The van der Waals surface area contributed by atoms with Crippen LogP contribution < -0.4 is 0 Å². The van der Waals surface area contributed by atoms with Gasteiger partial charge in [-0.15, -0.1) is 11.6 Å². The fourth-order valence-electron chi connectivity index (χ4n) is 0.531. The molecule has 0 bridgehead atoms. The molecule has 0 radical (unpaired) electrons. The Morgan fingerprint density at radius 1 is 1.50 bits per heavy atom. The first-order valence-electron chi connectivity index (χ1n) is 3.38. The normalized spacial score (nSPS) is 12.6. The molecule has 0 saturated carbocycles. The van der Waals surface area contributed by atoms with Crippen LogP contribution in [0.25, 0.3) is 0 Å². The van der Waals surface area contributed by atoms with Crippen molar-refractivity contribution < 1.29 is 4.39 Å². The number of rotatable bonds is 4. The van der Waals surface area contributed by atoms with E-state index in [0.717, 1.165) is 0 Å². The van der Waals surface area contributed by atoms with Crippen molar-refractivity contribution in [3.63, 3.8) is 0 Å². The fourth-order valence-corrected chi connectivity index (χ4v) is 0.735. The third kappa shape index (κ3) is 2.84. The van der Waals surface area contributed by atoms with Crippen molar-refractivity contribution in [1.29, 1.82) is 0 Å². The first-order valence-corrected chi connectivity index (χ1v) is 3.91. The predicted octanol–water partition coefficient (Wildman–Crippen LogP) is 1.91. The van der Waals surface area contributed by atoms with E-state index in [1.54, 1.807) is 0 Å². The number of hydrogen-bond acceptors (Lipinski definition) is 1. The maximum Gasteiger partial charge on any atom is 0.102 e. The fraction of sp³-hybridized carbons (Fsp3) is 1.00. The summed E-state index contributed by atoms with van der Waals surface area (Å²) in [5, 5.41) is 0. The van der Waals surface area contributed by atoms with Crippen molar-refractivity contribution in [2.45, 2.75) is 19.4 Å². The molecule has 0 atom stereocenters. The molecule has 1 nitrogen and oxygen atoms in total. The minimum absolute atomic E-state index is 0.0896. The average molecular weight is 168 g/mol. The highest BCUT2D eigenvalue weighted by Crippen LogP contribution is 2.12. The van der Waals surface area contributed by atoms with Gasteiger partial charge in [-0.05, 0) is 20.9 Å². The van der Waals surface area contributed by atoms with Gasteiger partial charge in [0.25, 0.3) is 0 Å². The minimum atomic E-state index is -0.309. The molecule has 3 heteroatoms. The summed E-state index contributed by atoms with van der Waals surface area (Å²) in [6.07, 6.45) is 0. The monoisotopic (exact) mass is 167 g/mol. The molecule has 0 fully saturated rings. The highest BCUT2D eigenvalue weighted by atomic mass is 35.5. The zero-order valence-electron chi connectivity index (χ0n) is 6.82. The lowest BCUT2D eigenvalue weighted by Gasteiger charge is -2.32. The molecule has 0 aliphatic carbocycles. The molecular weight excluding hydrogens is 153 g/mol. The lowest BCUT2D eigenvalue weighted by molar-refractivity contribution is 0.166. The second-order valence-electron chi connectivity index (χ2n) is 3.06. The standard InChI is InChI=1S/C7H15ClFN/c1-7(2,6-8)10(3)5-4-9/h4-6H2,1-3H3. The van der Waals surface area contributed by atoms with Gasteiger partial charge in [-0.2, -0.15) is 0 Å². The summed E-state index contributed by atoms with van der Waals surface area (Å²) in [7, 11) is 1.88. The van der Waals surface area contributed by atoms with Gasteiger partial charge in [0.05, 0.1) is 0 Å². The van der Waals surface area contributed by atoms with Gasteiger partial charge in [0.15, 0.2) is 0 Å². The Morgan fingerprint density at radius 3 is 2.30 bits per heavy atom. The Hall–Kier alpha value is 0.180. The Labute approximate surface area is 67.2 Å². The van der Waals surface area contributed by atoms with Crippen LogP contribution in [0.5, 0.6) is 0 Å². The van der Waals surface area contributed by atoms with E-state index in [2.05, 4.69) is 0 Å². The summed E-state index contributed by atoms with van der Waals surface area (Å²) in [5.41, 5.74) is -0.0896. The molecule has 0 unspecified atom stereocenters. The maximum atomic E-state index is 11.8. The van der Waals surface area contributed by atoms with Crippen LogP contribution in [0, 0.1) is 0 Å². The van der Waals surface area contributed by atoms with Gasteiger partial charge in [0, 0.05) is 18.0 Å². The van der Waals surface area contributed by atoms with E-state index in [0.29, 0.717) is 12.4 Å². The summed E-state index contributed by atoms with van der Waals surface area (Å²) < 4.78 is 11.8. The molecule has 0 aromatic rings. The second kappa shape index (κ2) is 4.14. The van der Waals surface area contributed by atoms with Crippen molar-refractivity contribution in [2.75, 3.05) is 26.1 Å². The number of nitrogens with zero attached hydrogens (tertiary/aromatic N) is 1. The van der Waals surface area contributed by atoms with Crippen LogP contribution in [0.2, 0.25) is 0 Å². The third-order valence-electron chi connectivity index (χ3n) is 1.78. The summed E-state index contributed by atoms with van der Waals surface area (Å²) in [4.78, 5) is 1.92. The predicted molar refractivity (Wildman–Crippen MR) is 43.4 cm³/mol. The van der Waals surface area contributed by atoms with Crippen molar-refractivity contribution in [3.8, 4) is 0 Å². The van der Waals surface area contributed by atoms with Gasteiger partial charge in [0.1, 0.15) is 6.67 Å². The van der Waals surface area contributed by atoms with Crippen molar-refractivity contribution in [1.82, 2.24) is 4.90 Å². The van der Waals surface area contributed by atoms with Crippen LogP contribution in [0.4, 0.5) is 4.39 Å². The molecular formula is C7H15ClFN. The second-order valence-corrected chi connectivity index (χ2v) is 3.32. The molecule has 0 aromatic heterocycles. The molecule has 0 saturated heterocycles. The topological polar surface area (TPSA) is 3.24 Å². The summed E-state index contributed by atoms with van der Waals surface area (Å²) >= 11 is 5.66. The first-order chi connectivity index (χ1) is 4.54. The number of halogens is 2. The van der Waals surface area contributed by atoms with E-state index in [9.17, 15) is 4.39 Å². The molecule has 0 amide bonds. The van der Waals surface area contributed by atoms with Gasteiger partial charge >= 0.3 is 0 Å². The molecule has 0 heterocycles. The average Bonchev–Trinajstić information content (AvgIpc) is 1.89. The number of alkyl halides is 2. The molecule has 0 N–H and O–H groups in total. The quantitative estimate of drug-likeness (QED) is 0.579. The Balaban J connectivity index is 3.78. The maximum absolute atomic E-state index is 11.8. The Bertz CT molecular complexity index is 95.6. The van der Waals surface area contributed by atoms with Gasteiger partial charge < -0.3 is 0 Å². The highest BCUT2D eigenvalue weighted by Gasteiger charge is 2.21. The van der Waals surface area contributed by atoms with E-state index in [4.69, 9.17) is 11.6 Å². The molecule has 0 aliphatic rings. The molecule has 0 rings (SSSR count). The Morgan fingerprint density at radius 2 is 2.00 bits per heavy atom. The summed E-state index contributed by atoms with van der Waals surface area (Å²) in [6.45, 7) is 4.14. The largest absolute Gasteiger partial charge is 0.297 e. The highest BCUT2D eigenvalue weighted by molar-refractivity contribution is 6.18. The van der Waals surface area contributed by atoms with Crippen LogP contribution in [-0.4, -0.2) is 36.6 Å². The van der Waals surface area contributed by atoms with Crippen molar-refractivity contribution >= 4 is 11.6 Å². The van der Waals surface area contributed by atoms with E-state index in [1.807, 2.05) is 25.8 Å². The number of hydrogen-bond donors (Lipinski definition) is 0. The van der Waals surface area contributed by atoms with Gasteiger partial charge in [-0.25, -0.2) is 4.39 Å². The summed E-state index contributed by atoms with van der Waals surface area (Å²) in [5.74, 6) is 0.531. The molecule has 0 aromatic carbocycles. The van der Waals surface area contributed by atoms with Gasteiger partial charge in [-0.3, -0.25) is 4.90 Å². The van der Waals surface area contributed by atoms with Crippen LogP contribution in [0.3, 0.4) is 0 Å². The van der Waals surface area contributed by atoms with Crippen LogP contribution in [0.1, 0.15) is 13.8 Å². The van der Waals surface area contributed by atoms with E-state index >= 15 is 0 Å². The van der Waals surface area contributed by atoms with E-state index < -0.39 is 0 Å². The minimum Gasteiger partial charge on any atom is -0.297 e. The van der Waals surface area contributed by atoms with Crippen molar-refractivity contribution in [3.05, 3.63) is 0 Å². The SMILES string of the molecule is CN(CCF)C(C)(C)CCl. The third-order valence-corrected chi connectivity index (χ3v) is 2.43. The Kier molecular flexibility index (Phi) is 4.22. The molecule has 0 spiro atoms. The van der Waals surface area contributed by atoms with E-state index in [-0.39, 0.29) is 12.2 Å². The zero-order valence-corrected chi connectivity index (χ0v) is 7.58. The van der Waals surface area contributed by atoms with E-state index in [1.165, 1.54) is 0 Å². The summed E-state index contributed by atoms with van der Waals surface area (Å²) in [6, 6.07) is 0. The zero-order chi connectivity index (χ0) is 8.20. The van der Waals surface area contributed by atoms with Gasteiger partial charge in [-0.1, -0.05) is 0 Å². The van der Waals surface area contributed by atoms with Crippen LogP contribution in [0.15, 0.2) is 0 Å². The lowest BCUT2D eigenvalue weighted by Crippen LogP contribution is -2.43. The van der Waals surface area contributed by atoms with Crippen LogP contribution in [-0.2, 0) is 0 Å². The van der Waals surface area contributed by atoms with Crippen molar-refractivity contribution in [2.24, 2.45) is 0 Å². The molecule has 10 heavy (non-hydrogen) atoms. The molecule has 0 aliphatic heterocycles. The lowest BCUT2D eigenvalue weighted by atomic mass is 10.1. The van der Waals surface area contributed by atoms with Gasteiger partial charge in [0.2, 0.25) is 0 Å². The smallest absolute Gasteiger partial charge is 0.102 e. The molecule has 62 valence electrons.